The van der Waals surface area contributed by atoms with Gasteiger partial charge in [0.1, 0.15) is 5.75 Å². The van der Waals surface area contributed by atoms with Crippen molar-refractivity contribution in [3.05, 3.63) is 58.1 Å². The molecular weight excluding hydrogens is 328 g/mol. The number of hydrogen-bond donors (Lipinski definition) is 1. The third-order valence-corrected chi connectivity index (χ3v) is 4.03. The van der Waals surface area contributed by atoms with Gasteiger partial charge in [-0.05, 0) is 36.4 Å². The highest BCUT2D eigenvalue weighted by atomic mass is 79.9. The van der Waals surface area contributed by atoms with Gasteiger partial charge >= 0.3 is 0 Å². The summed E-state index contributed by atoms with van der Waals surface area (Å²) in [6.07, 6.45) is 0. The average molecular weight is 349 g/mol. The van der Waals surface area contributed by atoms with E-state index in [-0.39, 0.29) is 0 Å². The van der Waals surface area contributed by atoms with Gasteiger partial charge in [0.05, 0.1) is 7.11 Å². The minimum absolute atomic E-state index is 0.827. The second-order valence-corrected chi connectivity index (χ2v) is 5.87. The minimum Gasteiger partial charge on any atom is -0.496 e. The van der Waals surface area contributed by atoms with E-state index in [1.54, 1.807) is 7.11 Å². The first kappa shape index (κ1) is 15.9. The molecule has 3 nitrogen and oxygen atoms in total. The Morgan fingerprint density at radius 2 is 1.81 bits per heavy atom. The standard InChI is InChI=1S/C17H21BrN2O/c1-3-20(11-13-6-4-5-7-16(13)19)12-14-10-15(18)8-9-17(14)21-2/h4-10H,3,11-12,19H2,1-2H3. The summed E-state index contributed by atoms with van der Waals surface area (Å²) >= 11 is 3.52. The molecule has 21 heavy (non-hydrogen) atoms. The van der Waals surface area contributed by atoms with Crippen LogP contribution in [0.1, 0.15) is 18.1 Å². The Kier molecular flexibility index (Phi) is 5.65. The molecule has 4 heteroatoms. The van der Waals surface area contributed by atoms with Crippen LogP contribution in [0.2, 0.25) is 0 Å². The van der Waals surface area contributed by atoms with Gasteiger partial charge in [0, 0.05) is 28.8 Å². The number of nitrogens with two attached hydrogens (primary N) is 1. The smallest absolute Gasteiger partial charge is 0.123 e. The molecule has 0 fully saturated rings. The van der Waals surface area contributed by atoms with Crippen molar-refractivity contribution >= 4 is 21.6 Å². The lowest BCUT2D eigenvalue weighted by Crippen LogP contribution is -2.23. The number of anilines is 1. The SMILES string of the molecule is CCN(Cc1ccccc1N)Cc1cc(Br)ccc1OC. The topological polar surface area (TPSA) is 38.5 Å². The van der Waals surface area contributed by atoms with Crippen LogP contribution in [-0.2, 0) is 13.1 Å². The highest BCUT2D eigenvalue weighted by Crippen LogP contribution is 2.25. The lowest BCUT2D eigenvalue weighted by atomic mass is 10.1. The molecule has 0 heterocycles. The fraction of sp³-hybridized carbons (Fsp3) is 0.294. The number of halogens is 1. The van der Waals surface area contributed by atoms with Crippen LogP contribution in [0.15, 0.2) is 46.9 Å². The normalized spacial score (nSPS) is 10.9. The van der Waals surface area contributed by atoms with E-state index >= 15 is 0 Å². The van der Waals surface area contributed by atoms with Crippen LogP contribution in [0.3, 0.4) is 0 Å². The van der Waals surface area contributed by atoms with Crippen LogP contribution in [-0.4, -0.2) is 18.6 Å². The molecule has 0 saturated heterocycles. The van der Waals surface area contributed by atoms with Crippen LogP contribution < -0.4 is 10.5 Å². The maximum absolute atomic E-state index is 6.04. The molecule has 112 valence electrons. The fourth-order valence-electron chi connectivity index (χ4n) is 2.31. The van der Waals surface area contributed by atoms with Crippen molar-refractivity contribution in [2.45, 2.75) is 20.0 Å². The number of para-hydroxylation sites is 1. The van der Waals surface area contributed by atoms with Gasteiger partial charge in [-0.2, -0.15) is 0 Å². The van der Waals surface area contributed by atoms with E-state index in [2.05, 4.69) is 39.9 Å². The molecule has 0 aromatic heterocycles. The minimum atomic E-state index is 0.827. The van der Waals surface area contributed by atoms with E-state index in [0.717, 1.165) is 41.1 Å². The van der Waals surface area contributed by atoms with E-state index in [4.69, 9.17) is 10.5 Å². The van der Waals surface area contributed by atoms with Gasteiger partial charge in [-0.15, -0.1) is 0 Å². The van der Waals surface area contributed by atoms with Crippen LogP contribution in [0, 0.1) is 0 Å². The summed E-state index contributed by atoms with van der Waals surface area (Å²) in [7, 11) is 1.71. The molecule has 2 N–H and O–H groups in total. The van der Waals surface area contributed by atoms with E-state index in [1.807, 2.05) is 30.3 Å². The summed E-state index contributed by atoms with van der Waals surface area (Å²) < 4.78 is 6.51. The van der Waals surface area contributed by atoms with Gasteiger partial charge < -0.3 is 10.5 Å². The first-order valence-electron chi connectivity index (χ1n) is 7.02. The van der Waals surface area contributed by atoms with Crippen LogP contribution in [0.25, 0.3) is 0 Å². The zero-order valence-electron chi connectivity index (χ0n) is 12.5. The molecule has 2 rings (SSSR count). The molecule has 0 bridgehead atoms. The molecule has 2 aromatic carbocycles. The fourth-order valence-corrected chi connectivity index (χ4v) is 2.72. The summed E-state index contributed by atoms with van der Waals surface area (Å²) in [5.74, 6) is 0.915. The van der Waals surface area contributed by atoms with E-state index < -0.39 is 0 Å². The third kappa shape index (κ3) is 4.22. The quantitative estimate of drug-likeness (QED) is 0.800. The number of ether oxygens (including phenoxy) is 1. The number of nitrogens with zero attached hydrogens (tertiary/aromatic N) is 1. The second-order valence-electron chi connectivity index (χ2n) is 4.96. The molecule has 0 unspecified atom stereocenters. The summed E-state index contributed by atoms with van der Waals surface area (Å²) in [6.45, 7) is 4.76. The summed E-state index contributed by atoms with van der Waals surface area (Å²) in [4.78, 5) is 2.34. The highest BCUT2D eigenvalue weighted by Gasteiger charge is 2.11. The molecule has 0 aliphatic rings. The molecule has 0 aliphatic heterocycles. The predicted molar refractivity (Wildman–Crippen MR) is 91.3 cm³/mol. The Labute approximate surface area is 134 Å². The Balaban J connectivity index is 2.16. The van der Waals surface area contributed by atoms with Gasteiger partial charge in [0.2, 0.25) is 0 Å². The molecule has 2 aromatic rings. The molecule has 0 saturated carbocycles. The summed E-state index contributed by atoms with van der Waals surface area (Å²) in [5.41, 5.74) is 9.21. The van der Waals surface area contributed by atoms with Crippen LogP contribution in [0.5, 0.6) is 5.75 Å². The van der Waals surface area contributed by atoms with Crippen molar-refractivity contribution in [1.82, 2.24) is 4.90 Å². The maximum atomic E-state index is 6.04. The first-order valence-corrected chi connectivity index (χ1v) is 7.81. The lowest BCUT2D eigenvalue weighted by molar-refractivity contribution is 0.266. The highest BCUT2D eigenvalue weighted by molar-refractivity contribution is 9.10. The Bertz CT molecular complexity index is 601. The largest absolute Gasteiger partial charge is 0.496 e. The number of nitrogen functional groups attached to an aromatic ring is 1. The Hall–Kier alpha value is -1.52. The van der Waals surface area contributed by atoms with Crippen molar-refractivity contribution in [1.29, 1.82) is 0 Å². The van der Waals surface area contributed by atoms with Gasteiger partial charge in [0.25, 0.3) is 0 Å². The van der Waals surface area contributed by atoms with E-state index in [1.165, 1.54) is 5.56 Å². The zero-order valence-corrected chi connectivity index (χ0v) is 14.1. The first-order chi connectivity index (χ1) is 10.1. The maximum Gasteiger partial charge on any atom is 0.123 e. The lowest BCUT2D eigenvalue weighted by Gasteiger charge is -2.22. The molecule has 0 spiro atoms. The second kappa shape index (κ2) is 7.48. The van der Waals surface area contributed by atoms with Crippen LogP contribution in [0.4, 0.5) is 5.69 Å². The molecule has 0 radical (unpaired) electrons. The van der Waals surface area contributed by atoms with Crippen molar-refractivity contribution in [2.24, 2.45) is 0 Å². The predicted octanol–water partition coefficient (Wildman–Crippen LogP) is 4.06. The summed E-state index contributed by atoms with van der Waals surface area (Å²) in [6, 6.07) is 14.1. The number of benzene rings is 2. The number of rotatable bonds is 6. The Morgan fingerprint density at radius 3 is 2.48 bits per heavy atom. The average Bonchev–Trinajstić information content (AvgIpc) is 2.49. The van der Waals surface area contributed by atoms with Gasteiger partial charge in [0.15, 0.2) is 0 Å². The number of methoxy groups -OCH3 is 1. The third-order valence-electron chi connectivity index (χ3n) is 3.53. The van der Waals surface area contributed by atoms with Crippen molar-refractivity contribution in [3.8, 4) is 5.75 Å². The van der Waals surface area contributed by atoms with Crippen molar-refractivity contribution < 1.29 is 4.74 Å². The van der Waals surface area contributed by atoms with Gasteiger partial charge in [-0.25, -0.2) is 0 Å². The monoisotopic (exact) mass is 348 g/mol. The molecule has 0 amide bonds. The van der Waals surface area contributed by atoms with Crippen molar-refractivity contribution in [3.63, 3.8) is 0 Å². The zero-order chi connectivity index (χ0) is 15.2. The molecule has 0 atom stereocenters. The van der Waals surface area contributed by atoms with Crippen molar-refractivity contribution in [2.75, 3.05) is 19.4 Å². The number of hydrogen-bond acceptors (Lipinski definition) is 3. The Morgan fingerprint density at radius 1 is 1.10 bits per heavy atom. The molecule has 0 aliphatic carbocycles. The van der Waals surface area contributed by atoms with E-state index in [0.29, 0.717) is 0 Å². The van der Waals surface area contributed by atoms with Gasteiger partial charge in [-0.1, -0.05) is 41.1 Å². The van der Waals surface area contributed by atoms with E-state index in [9.17, 15) is 0 Å². The van der Waals surface area contributed by atoms with Crippen LogP contribution >= 0.6 is 15.9 Å². The van der Waals surface area contributed by atoms with Gasteiger partial charge in [-0.3, -0.25) is 4.90 Å². The summed E-state index contributed by atoms with van der Waals surface area (Å²) in [5, 5.41) is 0. The molecular formula is C17H21BrN2O.